The molecular weight excluding hydrogens is 223 g/mol. The standard InChI is InChI=1S/C9H13BN4OS/c1-2-12-9(15)14-7-3-5(8(11)16)6(10)4-13-7/h3-4H,2,10H2,1H3,(H2,11,16)(H2,12,13,14,15). The molecule has 1 rings (SSSR count). The Kier molecular flexibility index (Phi) is 4.24. The summed E-state index contributed by atoms with van der Waals surface area (Å²) in [5.74, 6) is 0.430. The molecule has 0 aromatic carbocycles. The van der Waals surface area contributed by atoms with Crippen LogP contribution < -0.4 is 21.8 Å². The number of aromatic nitrogens is 1. The van der Waals surface area contributed by atoms with Crippen LogP contribution in [0.1, 0.15) is 12.5 Å². The van der Waals surface area contributed by atoms with E-state index in [0.717, 1.165) is 11.0 Å². The smallest absolute Gasteiger partial charge is 0.320 e. The Balaban J connectivity index is 2.87. The van der Waals surface area contributed by atoms with Crippen molar-refractivity contribution in [1.29, 1.82) is 0 Å². The highest BCUT2D eigenvalue weighted by Gasteiger charge is 2.06. The van der Waals surface area contributed by atoms with Crippen LogP contribution in [-0.4, -0.2) is 30.4 Å². The predicted octanol–water partition coefficient (Wildman–Crippen LogP) is -0.884. The van der Waals surface area contributed by atoms with Crippen molar-refractivity contribution >= 4 is 42.4 Å². The fourth-order valence-electron chi connectivity index (χ4n) is 1.18. The summed E-state index contributed by atoms with van der Waals surface area (Å²) in [5.41, 5.74) is 7.15. The van der Waals surface area contributed by atoms with Gasteiger partial charge in [0.05, 0.1) is 0 Å². The van der Waals surface area contributed by atoms with E-state index < -0.39 is 0 Å². The average Bonchev–Trinajstić information content (AvgIpc) is 2.21. The summed E-state index contributed by atoms with van der Waals surface area (Å²) in [7, 11) is 1.86. The number of carbonyl (C=O) groups is 1. The topological polar surface area (TPSA) is 80.0 Å². The van der Waals surface area contributed by atoms with E-state index in [1.54, 1.807) is 12.3 Å². The molecule has 0 bridgehead atoms. The highest BCUT2D eigenvalue weighted by atomic mass is 32.1. The summed E-state index contributed by atoms with van der Waals surface area (Å²) >= 11 is 4.90. The molecule has 0 radical (unpaired) electrons. The van der Waals surface area contributed by atoms with E-state index in [9.17, 15) is 4.79 Å². The molecule has 5 nitrogen and oxygen atoms in total. The molecule has 16 heavy (non-hydrogen) atoms. The van der Waals surface area contributed by atoms with Crippen LogP contribution in [0.5, 0.6) is 0 Å². The molecule has 1 heterocycles. The molecule has 2 amide bonds. The Hall–Kier alpha value is -1.63. The number of hydrogen-bond donors (Lipinski definition) is 3. The Bertz CT molecular complexity index is 424. The average molecular weight is 236 g/mol. The van der Waals surface area contributed by atoms with Gasteiger partial charge in [0.25, 0.3) is 0 Å². The minimum Gasteiger partial charge on any atom is -0.389 e. The second-order valence-electron chi connectivity index (χ2n) is 3.23. The van der Waals surface area contributed by atoms with Gasteiger partial charge in [0, 0.05) is 18.3 Å². The highest BCUT2D eigenvalue weighted by Crippen LogP contribution is 2.04. The van der Waals surface area contributed by atoms with Crippen LogP contribution >= 0.6 is 12.2 Å². The lowest BCUT2D eigenvalue weighted by atomic mass is 9.93. The van der Waals surface area contributed by atoms with Crippen molar-refractivity contribution in [2.24, 2.45) is 5.73 Å². The van der Waals surface area contributed by atoms with E-state index in [4.69, 9.17) is 18.0 Å². The van der Waals surface area contributed by atoms with Gasteiger partial charge in [0.1, 0.15) is 18.7 Å². The zero-order valence-corrected chi connectivity index (χ0v) is 10.0. The van der Waals surface area contributed by atoms with E-state index in [-0.39, 0.29) is 6.03 Å². The minimum atomic E-state index is -0.298. The van der Waals surface area contributed by atoms with Gasteiger partial charge in [-0.2, -0.15) is 0 Å². The van der Waals surface area contributed by atoms with Gasteiger partial charge in [0.2, 0.25) is 0 Å². The SMILES string of the molecule is Bc1cnc(NC(=O)NCC)cc1C(N)=S. The van der Waals surface area contributed by atoms with Crippen molar-refractivity contribution in [3.8, 4) is 0 Å². The van der Waals surface area contributed by atoms with Gasteiger partial charge in [-0.3, -0.25) is 5.32 Å². The number of hydrogen-bond acceptors (Lipinski definition) is 3. The van der Waals surface area contributed by atoms with Crippen LogP contribution in [0.2, 0.25) is 0 Å². The molecule has 0 atom stereocenters. The number of anilines is 1. The van der Waals surface area contributed by atoms with Gasteiger partial charge >= 0.3 is 6.03 Å². The first-order chi connectivity index (χ1) is 7.54. The van der Waals surface area contributed by atoms with Crippen LogP contribution in [0.15, 0.2) is 12.3 Å². The van der Waals surface area contributed by atoms with Crippen LogP contribution in [-0.2, 0) is 0 Å². The molecule has 84 valence electrons. The minimum absolute atomic E-state index is 0.291. The Morgan fingerprint density at radius 2 is 2.38 bits per heavy atom. The highest BCUT2D eigenvalue weighted by molar-refractivity contribution is 7.80. The van der Waals surface area contributed by atoms with E-state index in [1.807, 2.05) is 14.8 Å². The molecule has 7 heteroatoms. The van der Waals surface area contributed by atoms with Crippen molar-refractivity contribution in [2.45, 2.75) is 6.92 Å². The summed E-state index contributed by atoms with van der Waals surface area (Å²) in [6.07, 6.45) is 1.62. The fraction of sp³-hybridized carbons (Fsp3) is 0.222. The van der Waals surface area contributed by atoms with Gasteiger partial charge < -0.3 is 11.1 Å². The van der Waals surface area contributed by atoms with Crippen LogP contribution in [0.3, 0.4) is 0 Å². The third-order valence-corrected chi connectivity index (χ3v) is 2.17. The van der Waals surface area contributed by atoms with Crippen molar-refractivity contribution in [1.82, 2.24) is 10.3 Å². The quantitative estimate of drug-likeness (QED) is 0.470. The molecule has 0 aliphatic carbocycles. The van der Waals surface area contributed by atoms with E-state index in [1.165, 1.54) is 0 Å². The fourth-order valence-corrected chi connectivity index (χ4v) is 1.40. The van der Waals surface area contributed by atoms with Crippen LogP contribution in [0, 0.1) is 0 Å². The number of urea groups is 1. The van der Waals surface area contributed by atoms with Crippen molar-refractivity contribution in [3.63, 3.8) is 0 Å². The molecule has 0 spiro atoms. The predicted molar refractivity (Wildman–Crippen MR) is 71.0 cm³/mol. The molecular formula is C9H13BN4OS. The van der Waals surface area contributed by atoms with Gasteiger partial charge in [-0.1, -0.05) is 17.7 Å². The Morgan fingerprint density at radius 1 is 1.69 bits per heavy atom. The molecule has 0 unspecified atom stereocenters. The van der Waals surface area contributed by atoms with Crippen LogP contribution in [0.4, 0.5) is 10.6 Å². The van der Waals surface area contributed by atoms with E-state index in [0.29, 0.717) is 17.4 Å². The molecule has 0 fully saturated rings. The maximum absolute atomic E-state index is 11.3. The number of carbonyl (C=O) groups excluding carboxylic acids is 1. The lowest BCUT2D eigenvalue weighted by Crippen LogP contribution is -2.29. The summed E-state index contributed by atoms with van der Waals surface area (Å²) in [6, 6.07) is 1.36. The van der Waals surface area contributed by atoms with E-state index in [2.05, 4.69) is 15.6 Å². The van der Waals surface area contributed by atoms with Gasteiger partial charge in [-0.25, -0.2) is 9.78 Å². The number of amides is 2. The first-order valence-electron chi connectivity index (χ1n) is 4.86. The van der Waals surface area contributed by atoms with Crippen molar-refractivity contribution in [2.75, 3.05) is 11.9 Å². The molecule has 0 saturated heterocycles. The normalized spacial score (nSPS) is 9.56. The third-order valence-electron chi connectivity index (χ3n) is 1.95. The first kappa shape index (κ1) is 12.4. The lowest BCUT2D eigenvalue weighted by Gasteiger charge is -2.08. The van der Waals surface area contributed by atoms with Gasteiger partial charge in [-0.05, 0) is 13.0 Å². The van der Waals surface area contributed by atoms with Crippen LogP contribution in [0.25, 0.3) is 0 Å². The molecule has 1 aromatic heterocycles. The molecule has 0 saturated carbocycles. The summed E-state index contributed by atoms with van der Waals surface area (Å²) in [5, 5.41) is 5.19. The summed E-state index contributed by atoms with van der Waals surface area (Å²) in [4.78, 5) is 15.6. The lowest BCUT2D eigenvalue weighted by molar-refractivity contribution is 0.252. The number of nitrogens with two attached hydrogens (primary N) is 1. The summed E-state index contributed by atoms with van der Waals surface area (Å²) in [6.45, 7) is 2.39. The number of nitrogens with one attached hydrogen (secondary N) is 2. The second-order valence-corrected chi connectivity index (χ2v) is 3.67. The third kappa shape index (κ3) is 3.20. The molecule has 4 N–H and O–H groups in total. The Labute approximate surface area is 100 Å². The molecule has 0 aliphatic rings. The maximum Gasteiger partial charge on any atom is 0.320 e. The zero-order chi connectivity index (χ0) is 12.1. The first-order valence-corrected chi connectivity index (χ1v) is 5.26. The van der Waals surface area contributed by atoms with Crippen molar-refractivity contribution in [3.05, 3.63) is 17.8 Å². The summed E-state index contributed by atoms with van der Waals surface area (Å²) < 4.78 is 0. The second kappa shape index (κ2) is 5.46. The molecule has 1 aromatic rings. The zero-order valence-electron chi connectivity index (χ0n) is 9.20. The molecule has 0 aliphatic heterocycles. The Morgan fingerprint density at radius 3 is 2.94 bits per heavy atom. The maximum atomic E-state index is 11.3. The number of rotatable bonds is 3. The van der Waals surface area contributed by atoms with Crippen molar-refractivity contribution < 1.29 is 4.79 Å². The van der Waals surface area contributed by atoms with Gasteiger partial charge in [0.15, 0.2) is 0 Å². The number of pyridine rings is 1. The van der Waals surface area contributed by atoms with Gasteiger partial charge in [-0.15, -0.1) is 0 Å². The largest absolute Gasteiger partial charge is 0.389 e. The monoisotopic (exact) mass is 236 g/mol. The number of nitrogens with zero attached hydrogens (tertiary/aromatic N) is 1. The van der Waals surface area contributed by atoms with E-state index >= 15 is 0 Å². The number of thiocarbonyl (C=S) groups is 1.